The van der Waals surface area contributed by atoms with E-state index in [4.69, 9.17) is 20.4 Å². The number of anilines is 1. The smallest absolute Gasteiger partial charge is 0.344 e. The first-order valence-electron chi connectivity index (χ1n) is 9.78. The third kappa shape index (κ3) is 3.89. The molecule has 6 heteroatoms. The normalized spacial score (nSPS) is 12.6. The highest BCUT2D eigenvalue weighted by molar-refractivity contribution is 6.08. The van der Waals surface area contributed by atoms with Gasteiger partial charge in [0.2, 0.25) is 0 Å². The average Bonchev–Trinajstić information content (AvgIpc) is 2.95. The van der Waals surface area contributed by atoms with Crippen LogP contribution in [0.3, 0.4) is 0 Å². The average molecular weight is 368 g/mol. The van der Waals surface area contributed by atoms with E-state index in [0.717, 1.165) is 36.7 Å². The summed E-state index contributed by atoms with van der Waals surface area (Å²) in [5.74, 6) is 0.280. The summed E-state index contributed by atoms with van der Waals surface area (Å²) in [5.41, 5.74) is 9.43. The van der Waals surface area contributed by atoms with Crippen LogP contribution in [0.25, 0.3) is 22.2 Å². The van der Waals surface area contributed by atoms with Gasteiger partial charge in [0.1, 0.15) is 16.9 Å². The minimum Gasteiger partial charge on any atom is -0.462 e. The number of esters is 1. The molecule has 0 amide bonds. The maximum atomic E-state index is 12.8. The number of unbranched alkanes of at least 4 members (excludes halogenated alkanes) is 2. The molecule has 2 heterocycles. The molecule has 0 aliphatic rings. The number of para-hydroxylation sites is 2. The van der Waals surface area contributed by atoms with Gasteiger partial charge in [-0.2, -0.15) is 0 Å². The Labute approximate surface area is 159 Å². The Bertz CT molecular complexity index is 948. The summed E-state index contributed by atoms with van der Waals surface area (Å²) >= 11 is 0. The van der Waals surface area contributed by atoms with Gasteiger partial charge in [-0.1, -0.05) is 52.2 Å². The molecule has 27 heavy (non-hydrogen) atoms. The molecule has 2 aromatic heterocycles. The van der Waals surface area contributed by atoms with Crippen LogP contribution in [0.5, 0.6) is 0 Å². The van der Waals surface area contributed by atoms with Crippen molar-refractivity contribution in [2.75, 3.05) is 12.3 Å². The van der Waals surface area contributed by atoms with E-state index in [9.17, 15) is 4.79 Å². The number of fused-ring (bicyclic) bond motifs is 2. The number of nitrogen functional groups attached to an aromatic ring is 1. The van der Waals surface area contributed by atoms with Crippen molar-refractivity contribution in [3.63, 3.8) is 0 Å². The van der Waals surface area contributed by atoms with Gasteiger partial charge in [-0.05, 0) is 24.5 Å². The number of nitrogens with zero attached hydrogens (tertiary/aromatic N) is 3. The Kier molecular flexibility index (Phi) is 5.94. The maximum absolute atomic E-state index is 12.8. The van der Waals surface area contributed by atoms with Gasteiger partial charge in [-0.25, -0.2) is 14.8 Å². The van der Waals surface area contributed by atoms with Crippen LogP contribution in [0.15, 0.2) is 24.3 Å². The number of ether oxygens (including phenoxy) is 1. The van der Waals surface area contributed by atoms with Crippen molar-refractivity contribution in [1.82, 2.24) is 14.5 Å². The zero-order chi connectivity index (χ0) is 19.4. The highest BCUT2D eigenvalue weighted by atomic mass is 16.5. The van der Waals surface area contributed by atoms with Crippen molar-refractivity contribution < 1.29 is 9.53 Å². The van der Waals surface area contributed by atoms with Crippen molar-refractivity contribution >= 4 is 34.0 Å². The summed E-state index contributed by atoms with van der Waals surface area (Å²) < 4.78 is 7.43. The molecule has 2 N–H and O–H groups in total. The lowest BCUT2D eigenvalue weighted by molar-refractivity contribution is 0.0450. The van der Waals surface area contributed by atoms with Crippen LogP contribution >= 0.6 is 0 Å². The lowest BCUT2D eigenvalue weighted by Gasteiger charge is -2.10. The van der Waals surface area contributed by atoms with E-state index >= 15 is 0 Å². The Hall–Kier alpha value is -2.63. The zero-order valence-electron chi connectivity index (χ0n) is 16.4. The number of benzene rings is 1. The number of hydrogen-bond acceptors (Lipinski definition) is 5. The van der Waals surface area contributed by atoms with E-state index in [0.29, 0.717) is 41.6 Å². The number of carbonyl (C=O) groups is 1. The second kappa shape index (κ2) is 8.37. The van der Waals surface area contributed by atoms with Crippen molar-refractivity contribution in [1.29, 1.82) is 0 Å². The lowest BCUT2D eigenvalue weighted by Crippen LogP contribution is -2.14. The highest BCUT2D eigenvalue weighted by Gasteiger charge is 2.25. The van der Waals surface area contributed by atoms with Crippen molar-refractivity contribution in [2.24, 2.45) is 5.92 Å². The number of nitrogens with two attached hydrogens (primary N) is 1. The SMILES string of the molecule is CCCCCn1c(N)c(C(=O)OCC(C)CC)c2nc3ccccc3nc21. The van der Waals surface area contributed by atoms with Crippen molar-refractivity contribution in [3.8, 4) is 0 Å². The number of carbonyl (C=O) groups excluding carboxylic acids is 1. The molecule has 0 radical (unpaired) electrons. The zero-order valence-corrected chi connectivity index (χ0v) is 16.4. The second-order valence-corrected chi connectivity index (χ2v) is 7.12. The maximum Gasteiger partial charge on any atom is 0.344 e. The van der Waals surface area contributed by atoms with Crippen LogP contribution < -0.4 is 5.73 Å². The molecule has 1 atom stereocenters. The predicted octanol–water partition coefficient (Wildman–Crippen LogP) is 4.56. The van der Waals surface area contributed by atoms with Gasteiger partial charge in [-0.3, -0.25) is 0 Å². The van der Waals surface area contributed by atoms with Crippen LogP contribution in [-0.4, -0.2) is 27.1 Å². The van der Waals surface area contributed by atoms with Gasteiger partial charge in [0.15, 0.2) is 5.65 Å². The van der Waals surface area contributed by atoms with Crippen LogP contribution in [0.1, 0.15) is 56.8 Å². The quantitative estimate of drug-likeness (QED) is 0.465. The molecule has 0 bridgehead atoms. The Morgan fingerprint density at radius 1 is 1.19 bits per heavy atom. The van der Waals surface area contributed by atoms with E-state index in [1.54, 1.807) is 0 Å². The minimum absolute atomic E-state index is 0.306. The van der Waals surface area contributed by atoms with Gasteiger partial charge in [0.25, 0.3) is 0 Å². The first-order valence-corrected chi connectivity index (χ1v) is 9.78. The monoisotopic (exact) mass is 368 g/mol. The molecule has 3 rings (SSSR count). The summed E-state index contributed by atoms with van der Waals surface area (Å²) in [6.07, 6.45) is 4.12. The summed E-state index contributed by atoms with van der Waals surface area (Å²) in [5, 5.41) is 0. The van der Waals surface area contributed by atoms with E-state index in [1.165, 1.54) is 0 Å². The fraction of sp³-hybridized carbons (Fsp3) is 0.476. The number of aromatic nitrogens is 3. The molecule has 0 fully saturated rings. The van der Waals surface area contributed by atoms with Crippen molar-refractivity contribution in [2.45, 2.75) is 53.0 Å². The summed E-state index contributed by atoms with van der Waals surface area (Å²) in [4.78, 5) is 22.2. The lowest BCUT2D eigenvalue weighted by atomic mass is 10.1. The highest BCUT2D eigenvalue weighted by Crippen LogP contribution is 2.29. The van der Waals surface area contributed by atoms with Crippen LogP contribution in [0.2, 0.25) is 0 Å². The number of rotatable bonds is 8. The predicted molar refractivity (Wildman–Crippen MR) is 109 cm³/mol. The van der Waals surface area contributed by atoms with Crippen molar-refractivity contribution in [3.05, 3.63) is 29.8 Å². The Balaban J connectivity index is 2.08. The third-order valence-electron chi connectivity index (χ3n) is 4.98. The molecule has 0 saturated carbocycles. The number of aryl methyl sites for hydroxylation is 1. The standard InChI is InChI=1S/C21H28N4O2/c1-4-6-9-12-25-19(22)17(21(26)27-13-14(3)5-2)18-20(25)24-16-11-8-7-10-15(16)23-18/h7-8,10-11,14H,4-6,9,12-13,22H2,1-3H3. The van der Waals surface area contributed by atoms with Gasteiger partial charge in [0, 0.05) is 6.54 Å². The molecular formula is C21H28N4O2. The summed E-state index contributed by atoms with van der Waals surface area (Å²) in [7, 11) is 0. The third-order valence-corrected chi connectivity index (χ3v) is 4.98. The molecule has 0 aliphatic carbocycles. The van der Waals surface area contributed by atoms with Gasteiger partial charge >= 0.3 is 5.97 Å². The molecule has 1 unspecified atom stereocenters. The fourth-order valence-electron chi connectivity index (χ4n) is 3.07. The van der Waals surface area contributed by atoms with Crippen LogP contribution in [0.4, 0.5) is 5.82 Å². The van der Waals surface area contributed by atoms with E-state index in [1.807, 2.05) is 28.8 Å². The summed E-state index contributed by atoms with van der Waals surface area (Å²) in [6, 6.07) is 7.65. The first-order chi connectivity index (χ1) is 13.1. The van der Waals surface area contributed by atoms with E-state index in [-0.39, 0.29) is 0 Å². The Morgan fingerprint density at radius 3 is 2.56 bits per heavy atom. The molecule has 0 aliphatic heterocycles. The minimum atomic E-state index is -0.420. The molecule has 3 aromatic rings. The summed E-state index contributed by atoms with van der Waals surface area (Å²) in [6.45, 7) is 7.37. The molecule has 0 spiro atoms. The molecule has 144 valence electrons. The van der Waals surface area contributed by atoms with Gasteiger partial charge in [-0.15, -0.1) is 0 Å². The molecule has 1 aromatic carbocycles. The second-order valence-electron chi connectivity index (χ2n) is 7.12. The molecule has 6 nitrogen and oxygen atoms in total. The van der Waals surface area contributed by atoms with Crippen LogP contribution in [0, 0.1) is 5.92 Å². The van der Waals surface area contributed by atoms with E-state index < -0.39 is 5.97 Å². The number of hydrogen-bond donors (Lipinski definition) is 1. The molecule has 0 saturated heterocycles. The van der Waals surface area contributed by atoms with Gasteiger partial charge in [0.05, 0.1) is 17.6 Å². The fourth-order valence-corrected chi connectivity index (χ4v) is 3.07. The largest absolute Gasteiger partial charge is 0.462 e. The molecular weight excluding hydrogens is 340 g/mol. The Morgan fingerprint density at radius 2 is 1.89 bits per heavy atom. The topological polar surface area (TPSA) is 83.0 Å². The van der Waals surface area contributed by atoms with E-state index in [2.05, 4.69) is 20.8 Å². The van der Waals surface area contributed by atoms with Gasteiger partial charge < -0.3 is 15.0 Å². The first kappa shape index (κ1) is 19.1. The van der Waals surface area contributed by atoms with Crippen LogP contribution in [-0.2, 0) is 11.3 Å².